The number of thiophene rings is 1. The van der Waals surface area contributed by atoms with Crippen molar-refractivity contribution in [1.29, 1.82) is 5.26 Å². The van der Waals surface area contributed by atoms with Gasteiger partial charge in [-0.2, -0.15) is 5.26 Å². The number of fused-ring (bicyclic) bond motifs is 1. The summed E-state index contributed by atoms with van der Waals surface area (Å²) >= 11 is 3.78. The lowest BCUT2D eigenvalue weighted by Gasteiger charge is -2.28. The molecule has 0 spiro atoms. The van der Waals surface area contributed by atoms with Crippen LogP contribution < -0.4 is 10.1 Å². The maximum Gasteiger partial charge on any atom is 0.174 e. The van der Waals surface area contributed by atoms with Gasteiger partial charge in [0.05, 0.1) is 10.3 Å². The van der Waals surface area contributed by atoms with Gasteiger partial charge in [-0.05, 0) is 35.6 Å². The third kappa shape index (κ3) is 3.34. The number of thioether (sulfide) groups is 1. The van der Waals surface area contributed by atoms with Gasteiger partial charge in [-0.3, -0.25) is 0 Å². The highest BCUT2D eigenvalue weighted by atomic mass is 32.2. The molecule has 1 N–H and O–H groups in total. The van der Waals surface area contributed by atoms with Crippen LogP contribution >= 0.6 is 23.1 Å². The summed E-state index contributed by atoms with van der Waals surface area (Å²) in [4.78, 5) is 0. The van der Waals surface area contributed by atoms with Crippen LogP contribution in [0.4, 0.5) is 5.69 Å². The van der Waals surface area contributed by atoms with E-state index in [4.69, 9.17) is 10.00 Å². The average Bonchev–Trinajstić information content (AvgIpc) is 2.94. The first-order chi connectivity index (χ1) is 10.3. The number of ether oxygens (including phenoxy) is 1. The Morgan fingerprint density at radius 3 is 3.19 bits per heavy atom. The molecule has 1 aliphatic heterocycles. The van der Waals surface area contributed by atoms with E-state index in [1.54, 1.807) is 0 Å². The Labute approximate surface area is 132 Å². The van der Waals surface area contributed by atoms with Gasteiger partial charge >= 0.3 is 0 Å². The zero-order valence-electron chi connectivity index (χ0n) is 11.7. The zero-order valence-corrected chi connectivity index (χ0v) is 13.3. The average molecular weight is 316 g/mol. The second-order valence-electron chi connectivity index (χ2n) is 5.00. The van der Waals surface area contributed by atoms with E-state index in [1.165, 1.54) is 9.77 Å². The molecule has 0 saturated carbocycles. The summed E-state index contributed by atoms with van der Waals surface area (Å²) < 4.78 is 6.78. The van der Waals surface area contributed by atoms with E-state index in [9.17, 15) is 0 Å². The molecule has 0 bridgehead atoms. The topological polar surface area (TPSA) is 45.0 Å². The number of hydrogen-bond donors (Lipinski definition) is 1. The molecule has 0 amide bonds. The molecule has 0 fully saturated rings. The van der Waals surface area contributed by atoms with Crippen molar-refractivity contribution >= 4 is 28.8 Å². The van der Waals surface area contributed by atoms with Crippen LogP contribution in [0.1, 0.15) is 24.9 Å². The van der Waals surface area contributed by atoms with Gasteiger partial charge in [0, 0.05) is 17.0 Å². The molecular weight excluding hydrogens is 300 g/mol. The summed E-state index contributed by atoms with van der Waals surface area (Å²) in [5.41, 5.74) is 2.43. The smallest absolute Gasteiger partial charge is 0.174 e. The summed E-state index contributed by atoms with van der Waals surface area (Å²) in [5, 5.41) is 15.0. The van der Waals surface area contributed by atoms with E-state index >= 15 is 0 Å². The zero-order chi connectivity index (χ0) is 14.7. The maximum absolute atomic E-state index is 8.58. The van der Waals surface area contributed by atoms with Gasteiger partial charge in [0.2, 0.25) is 0 Å². The van der Waals surface area contributed by atoms with Crippen LogP contribution in [0.25, 0.3) is 0 Å². The highest BCUT2D eigenvalue weighted by molar-refractivity contribution is 8.01. The van der Waals surface area contributed by atoms with Crippen molar-refractivity contribution in [2.45, 2.75) is 28.8 Å². The molecule has 1 unspecified atom stereocenters. The summed E-state index contributed by atoms with van der Waals surface area (Å²) in [6.45, 7) is 2.35. The second-order valence-corrected chi connectivity index (χ2v) is 7.62. The molecule has 3 nitrogen and oxygen atoms in total. The fourth-order valence-corrected chi connectivity index (χ4v) is 5.05. The highest BCUT2D eigenvalue weighted by Crippen LogP contribution is 2.45. The Balaban J connectivity index is 1.77. The summed E-state index contributed by atoms with van der Waals surface area (Å²) in [7, 11) is 0. The van der Waals surface area contributed by atoms with Gasteiger partial charge < -0.3 is 10.1 Å². The lowest BCUT2D eigenvalue weighted by atomic mass is 10.0. The van der Waals surface area contributed by atoms with Crippen molar-refractivity contribution < 1.29 is 4.74 Å². The van der Waals surface area contributed by atoms with Crippen LogP contribution in [0.5, 0.6) is 5.75 Å². The van der Waals surface area contributed by atoms with Crippen LogP contribution in [-0.4, -0.2) is 11.9 Å². The minimum absolute atomic E-state index is 0.0786. The highest BCUT2D eigenvalue weighted by Gasteiger charge is 2.26. The number of nitrogens with zero attached hydrogens (tertiary/aromatic N) is 1. The van der Waals surface area contributed by atoms with Crippen LogP contribution in [-0.2, 0) is 0 Å². The molecule has 21 heavy (non-hydrogen) atoms. The van der Waals surface area contributed by atoms with Gasteiger partial charge in [0.1, 0.15) is 11.8 Å². The molecule has 0 saturated heterocycles. The standard InChI is InChI=1S/C16H16N2OS2/c1-11-9-15(14-5-8-20-16(14)21-11)18-12-3-2-4-13(10-12)19-7-6-17/h2-5,8,10-11,15,18H,7,9H2,1H3/t11-,15?/m0/s1. The Morgan fingerprint density at radius 2 is 2.33 bits per heavy atom. The molecule has 2 heterocycles. The Morgan fingerprint density at radius 1 is 1.43 bits per heavy atom. The van der Waals surface area contributed by atoms with E-state index in [0.29, 0.717) is 11.3 Å². The summed E-state index contributed by atoms with van der Waals surface area (Å²) in [6, 6.07) is 12.4. The van der Waals surface area contributed by atoms with Crippen molar-refractivity contribution in [2.75, 3.05) is 11.9 Å². The van der Waals surface area contributed by atoms with E-state index in [-0.39, 0.29) is 6.61 Å². The summed E-state index contributed by atoms with van der Waals surface area (Å²) in [6.07, 6.45) is 1.11. The first-order valence-electron chi connectivity index (χ1n) is 6.86. The van der Waals surface area contributed by atoms with Crippen molar-refractivity contribution in [2.24, 2.45) is 0 Å². The predicted octanol–water partition coefficient (Wildman–Crippen LogP) is 4.69. The molecule has 0 radical (unpaired) electrons. The van der Waals surface area contributed by atoms with Gasteiger partial charge in [-0.15, -0.1) is 23.1 Å². The molecule has 1 aromatic carbocycles. The van der Waals surface area contributed by atoms with E-state index in [1.807, 2.05) is 53.4 Å². The minimum atomic E-state index is 0.0786. The van der Waals surface area contributed by atoms with Crippen molar-refractivity contribution in [3.05, 3.63) is 41.3 Å². The number of rotatable bonds is 4. The molecule has 1 aromatic heterocycles. The maximum atomic E-state index is 8.58. The first-order valence-corrected chi connectivity index (χ1v) is 8.62. The Kier molecular flexibility index (Phi) is 4.37. The van der Waals surface area contributed by atoms with Crippen molar-refractivity contribution in [3.63, 3.8) is 0 Å². The fraction of sp³-hybridized carbons (Fsp3) is 0.312. The predicted molar refractivity (Wildman–Crippen MR) is 88.2 cm³/mol. The third-order valence-corrected chi connectivity index (χ3v) is 5.73. The lowest BCUT2D eigenvalue weighted by Crippen LogP contribution is -2.18. The molecule has 5 heteroatoms. The van der Waals surface area contributed by atoms with E-state index < -0.39 is 0 Å². The van der Waals surface area contributed by atoms with Crippen molar-refractivity contribution in [3.8, 4) is 11.8 Å². The lowest BCUT2D eigenvalue weighted by molar-refractivity contribution is 0.368. The van der Waals surface area contributed by atoms with Gasteiger partial charge in [-0.25, -0.2) is 0 Å². The summed E-state index contributed by atoms with van der Waals surface area (Å²) in [5.74, 6) is 0.727. The first kappa shape index (κ1) is 14.3. The number of anilines is 1. The Hall–Kier alpha value is -1.64. The van der Waals surface area contributed by atoms with E-state index in [0.717, 1.165) is 17.9 Å². The van der Waals surface area contributed by atoms with Crippen LogP contribution in [0.15, 0.2) is 39.9 Å². The number of nitriles is 1. The molecule has 2 atom stereocenters. The molecule has 3 rings (SSSR count). The normalized spacial score (nSPS) is 20.4. The largest absolute Gasteiger partial charge is 0.479 e. The molecule has 2 aromatic rings. The minimum Gasteiger partial charge on any atom is -0.479 e. The number of nitrogens with one attached hydrogen (secondary N) is 1. The van der Waals surface area contributed by atoms with Gasteiger partial charge in [0.25, 0.3) is 0 Å². The Bertz CT molecular complexity index is 662. The molecule has 1 aliphatic rings. The van der Waals surface area contributed by atoms with Crippen LogP contribution in [0.3, 0.4) is 0 Å². The molecule has 0 aliphatic carbocycles. The molecule has 108 valence electrons. The van der Waals surface area contributed by atoms with Crippen LogP contribution in [0, 0.1) is 11.3 Å². The quantitative estimate of drug-likeness (QED) is 0.889. The van der Waals surface area contributed by atoms with Crippen molar-refractivity contribution in [1.82, 2.24) is 0 Å². The van der Waals surface area contributed by atoms with E-state index in [2.05, 4.69) is 23.7 Å². The molecular formula is C16H16N2OS2. The number of hydrogen-bond acceptors (Lipinski definition) is 5. The van der Waals surface area contributed by atoms with Crippen LogP contribution in [0.2, 0.25) is 0 Å². The third-order valence-electron chi connectivity index (χ3n) is 3.39. The SMILES string of the molecule is C[C@H]1CC(Nc2cccc(OCC#N)c2)c2ccsc2S1. The fourth-order valence-electron chi connectivity index (χ4n) is 2.48. The monoisotopic (exact) mass is 316 g/mol. The van der Waals surface area contributed by atoms with Gasteiger partial charge in [0.15, 0.2) is 6.61 Å². The number of benzene rings is 1. The second kappa shape index (κ2) is 6.42. The van der Waals surface area contributed by atoms with Gasteiger partial charge in [-0.1, -0.05) is 13.0 Å².